The molecule has 0 spiro atoms. The molecule has 1 amide bonds. The predicted molar refractivity (Wildman–Crippen MR) is 118 cm³/mol. The standard InChI is InChI=1S/C25H23N3O3/c26-24(27)15-9-10-20-19(13-15)16(14-30-20)11-12-28-25(29)23-17-5-1-3-7-21(17)31-22-8-4-2-6-18(22)23/h1-10,13,16,23H,11-12,14H2,(H3,26,27)(H,28,29). The van der Waals surface area contributed by atoms with E-state index in [9.17, 15) is 4.79 Å². The first-order chi connectivity index (χ1) is 15.1. The summed E-state index contributed by atoms with van der Waals surface area (Å²) >= 11 is 0. The Morgan fingerprint density at radius 3 is 2.32 bits per heavy atom. The molecule has 0 bridgehead atoms. The van der Waals surface area contributed by atoms with Gasteiger partial charge >= 0.3 is 0 Å². The van der Waals surface area contributed by atoms with Gasteiger partial charge in [-0.05, 0) is 36.8 Å². The number of nitrogen functional groups attached to an aromatic ring is 1. The Morgan fingerprint density at radius 1 is 0.968 bits per heavy atom. The normalized spacial score (nSPS) is 16.3. The molecule has 0 aromatic heterocycles. The predicted octanol–water partition coefficient (Wildman–Crippen LogP) is 3.89. The van der Waals surface area contributed by atoms with Gasteiger partial charge in [-0.1, -0.05) is 36.4 Å². The molecule has 0 fully saturated rings. The van der Waals surface area contributed by atoms with Gasteiger partial charge in [0.25, 0.3) is 0 Å². The van der Waals surface area contributed by atoms with E-state index in [0.29, 0.717) is 18.7 Å². The number of nitrogens with two attached hydrogens (primary N) is 1. The van der Waals surface area contributed by atoms with Crippen molar-refractivity contribution in [3.05, 3.63) is 89.0 Å². The molecule has 156 valence electrons. The topological polar surface area (TPSA) is 97.4 Å². The quantitative estimate of drug-likeness (QED) is 0.437. The molecule has 3 aromatic carbocycles. The molecule has 4 N–H and O–H groups in total. The number of nitrogens with one attached hydrogen (secondary N) is 2. The first-order valence-electron chi connectivity index (χ1n) is 10.4. The van der Waals surface area contributed by atoms with Gasteiger partial charge < -0.3 is 20.5 Å². The van der Waals surface area contributed by atoms with Gasteiger partial charge in [0.15, 0.2) is 0 Å². The van der Waals surface area contributed by atoms with Crippen molar-refractivity contribution in [3.8, 4) is 17.2 Å². The van der Waals surface area contributed by atoms with E-state index >= 15 is 0 Å². The highest BCUT2D eigenvalue weighted by Gasteiger charge is 2.32. The lowest BCUT2D eigenvalue weighted by molar-refractivity contribution is -0.121. The minimum atomic E-state index is -0.405. The number of para-hydroxylation sites is 2. The molecule has 0 radical (unpaired) electrons. The van der Waals surface area contributed by atoms with Crippen LogP contribution in [0.5, 0.6) is 17.2 Å². The van der Waals surface area contributed by atoms with E-state index in [1.165, 1.54) is 0 Å². The third-order valence-corrected chi connectivity index (χ3v) is 5.93. The zero-order valence-electron chi connectivity index (χ0n) is 16.9. The zero-order chi connectivity index (χ0) is 21.4. The summed E-state index contributed by atoms with van der Waals surface area (Å²) in [7, 11) is 0. The second kappa shape index (κ2) is 7.80. The molecular weight excluding hydrogens is 390 g/mol. The van der Waals surface area contributed by atoms with Crippen molar-refractivity contribution in [2.24, 2.45) is 5.73 Å². The minimum Gasteiger partial charge on any atom is -0.493 e. The number of carbonyl (C=O) groups excluding carboxylic acids is 1. The number of amides is 1. The molecule has 6 heteroatoms. The third kappa shape index (κ3) is 3.50. The Hall–Kier alpha value is -3.80. The SMILES string of the molecule is N=C(N)c1ccc2c(c1)C(CCNC(=O)C1c3ccccc3Oc3ccccc31)CO2. The van der Waals surface area contributed by atoms with Crippen molar-refractivity contribution in [1.29, 1.82) is 5.41 Å². The second-order valence-electron chi connectivity index (χ2n) is 7.86. The van der Waals surface area contributed by atoms with Gasteiger partial charge in [-0.2, -0.15) is 0 Å². The van der Waals surface area contributed by atoms with E-state index in [4.69, 9.17) is 20.6 Å². The van der Waals surface area contributed by atoms with Gasteiger partial charge in [0.1, 0.15) is 23.1 Å². The molecular formula is C25H23N3O3. The van der Waals surface area contributed by atoms with Gasteiger partial charge in [-0.25, -0.2) is 0 Å². The maximum Gasteiger partial charge on any atom is 0.232 e. The summed E-state index contributed by atoms with van der Waals surface area (Å²) < 4.78 is 11.8. The highest BCUT2D eigenvalue weighted by atomic mass is 16.5. The van der Waals surface area contributed by atoms with Crippen LogP contribution < -0.4 is 20.5 Å². The number of amidine groups is 1. The Kier molecular flexibility index (Phi) is 4.82. The number of fused-ring (bicyclic) bond motifs is 3. The molecule has 2 aliphatic heterocycles. The number of hydrogen-bond acceptors (Lipinski definition) is 4. The van der Waals surface area contributed by atoms with Crippen LogP contribution in [-0.4, -0.2) is 24.9 Å². The molecule has 3 aromatic rings. The first kappa shape index (κ1) is 19.2. The Balaban J connectivity index is 1.31. The first-order valence-corrected chi connectivity index (χ1v) is 10.4. The number of benzene rings is 3. The lowest BCUT2D eigenvalue weighted by atomic mass is 9.87. The van der Waals surface area contributed by atoms with E-state index in [1.807, 2.05) is 60.7 Å². The molecule has 1 atom stereocenters. The molecule has 6 nitrogen and oxygen atoms in total. The van der Waals surface area contributed by atoms with Crippen LogP contribution in [0.25, 0.3) is 0 Å². The Morgan fingerprint density at radius 2 is 1.65 bits per heavy atom. The number of rotatable bonds is 5. The van der Waals surface area contributed by atoms with E-state index in [2.05, 4.69) is 5.32 Å². The van der Waals surface area contributed by atoms with Crippen LogP contribution in [-0.2, 0) is 4.79 Å². The van der Waals surface area contributed by atoms with Crippen LogP contribution >= 0.6 is 0 Å². The van der Waals surface area contributed by atoms with Crippen LogP contribution in [0.3, 0.4) is 0 Å². The lowest BCUT2D eigenvalue weighted by Crippen LogP contribution is -2.33. The summed E-state index contributed by atoms with van der Waals surface area (Å²) in [6.07, 6.45) is 0.743. The molecule has 2 aliphatic rings. The maximum absolute atomic E-state index is 13.2. The molecule has 1 unspecified atom stereocenters. The monoisotopic (exact) mass is 413 g/mol. The summed E-state index contributed by atoms with van der Waals surface area (Å²) in [5.41, 5.74) is 9.11. The van der Waals surface area contributed by atoms with Crippen molar-refractivity contribution in [3.63, 3.8) is 0 Å². The fourth-order valence-electron chi connectivity index (χ4n) is 4.35. The summed E-state index contributed by atoms with van der Waals surface area (Å²) in [4.78, 5) is 13.2. The van der Waals surface area contributed by atoms with Crippen molar-refractivity contribution in [2.75, 3.05) is 13.2 Å². The molecule has 31 heavy (non-hydrogen) atoms. The van der Waals surface area contributed by atoms with Crippen molar-refractivity contribution in [2.45, 2.75) is 18.3 Å². The zero-order valence-corrected chi connectivity index (χ0v) is 16.9. The van der Waals surface area contributed by atoms with Gasteiger partial charge in [0, 0.05) is 34.7 Å². The molecule has 2 heterocycles. The lowest BCUT2D eigenvalue weighted by Gasteiger charge is -2.27. The molecule has 0 saturated heterocycles. The highest BCUT2D eigenvalue weighted by molar-refractivity contribution is 5.95. The molecule has 0 saturated carbocycles. The van der Waals surface area contributed by atoms with Crippen LogP contribution in [0.15, 0.2) is 66.7 Å². The van der Waals surface area contributed by atoms with Crippen LogP contribution in [0.4, 0.5) is 0 Å². The van der Waals surface area contributed by atoms with E-state index in [-0.39, 0.29) is 17.7 Å². The van der Waals surface area contributed by atoms with Crippen LogP contribution in [0.2, 0.25) is 0 Å². The van der Waals surface area contributed by atoms with E-state index in [1.54, 1.807) is 6.07 Å². The Labute approximate surface area is 180 Å². The average molecular weight is 413 g/mol. The van der Waals surface area contributed by atoms with E-state index < -0.39 is 5.92 Å². The number of ether oxygens (including phenoxy) is 2. The third-order valence-electron chi connectivity index (χ3n) is 5.93. The van der Waals surface area contributed by atoms with Crippen LogP contribution in [0.1, 0.15) is 40.5 Å². The average Bonchev–Trinajstić information content (AvgIpc) is 3.19. The van der Waals surface area contributed by atoms with Gasteiger partial charge in [0.05, 0.1) is 12.5 Å². The van der Waals surface area contributed by atoms with Gasteiger partial charge in [-0.3, -0.25) is 10.2 Å². The Bertz CT molecular complexity index is 1130. The largest absolute Gasteiger partial charge is 0.493 e. The second-order valence-corrected chi connectivity index (χ2v) is 7.86. The van der Waals surface area contributed by atoms with Gasteiger partial charge in [-0.15, -0.1) is 0 Å². The van der Waals surface area contributed by atoms with Crippen molar-refractivity contribution in [1.82, 2.24) is 5.32 Å². The summed E-state index contributed by atoms with van der Waals surface area (Å²) in [6.45, 7) is 1.09. The fourth-order valence-corrected chi connectivity index (χ4v) is 4.35. The molecule has 0 aliphatic carbocycles. The van der Waals surface area contributed by atoms with Crippen molar-refractivity contribution < 1.29 is 14.3 Å². The fraction of sp³-hybridized carbons (Fsp3) is 0.200. The highest BCUT2D eigenvalue weighted by Crippen LogP contribution is 2.44. The van der Waals surface area contributed by atoms with Crippen LogP contribution in [0, 0.1) is 5.41 Å². The maximum atomic E-state index is 13.2. The van der Waals surface area contributed by atoms with E-state index in [0.717, 1.165) is 40.4 Å². The van der Waals surface area contributed by atoms with Crippen molar-refractivity contribution >= 4 is 11.7 Å². The smallest absolute Gasteiger partial charge is 0.232 e. The molecule has 5 rings (SSSR count). The number of hydrogen-bond donors (Lipinski definition) is 3. The summed E-state index contributed by atoms with van der Waals surface area (Å²) in [6, 6.07) is 20.9. The summed E-state index contributed by atoms with van der Waals surface area (Å²) in [5, 5.41) is 10.8. The minimum absolute atomic E-state index is 0.0404. The summed E-state index contributed by atoms with van der Waals surface area (Å²) in [5.74, 6) is 2.01. The number of carbonyl (C=O) groups is 1. The van der Waals surface area contributed by atoms with Gasteiger partial charge in [0.2, 0.25) is 5.91 Å².